The summed E-state index contributed by atoms with van der Waals surface area (Å²) in [5.74, 6) is 7.04. The predicted molar refractivity (Wildman–Crippen MR) is 249 cm³/mol. The Hall–Kier alpha value is -4.86. The molecule has 0 atom stereocenters. The molecule has 0 saturated carbocycles. The van der Waals surface area contributed by atoms with Gasteiger partial charge in [-0.3, -0.25) is 0 Å². The molecule has 0 fully saturated rings. The van der Waals surface area contributed by atoms with Crippen LogP contribution < -0.4 is 0 Å². The second-order valence-corrected chi connectivity index (χ2v) is 17.6. The van der Waals surface area contributed by atoms with E-state index in [1.165, 1.54) is 147 Å². The zero-order chi connectivity index (χ0) is 41.2. The van der Waals surface area contributed by atoms with Crippen molar-refractivity contribution in [1.82, 2.24) is 10.2 Å². The van der Waals surface area contributed by atoms with Crippen LogP contribution in [0.2, 0.25) is 0 Å². The highest BCUT2D eigenvalue weighted by molar-refractivity contribution is 5.85. The highest BCUT2D eigenvalue weighted by Crippen LogP contribution is 2.57. The van der Waals surface area contributed by atoms with Crippen LogP contribution in [0, 0.1) is 24.7 Å². The number of hydrogen-bond donors (Lipinski definition) is 0. The minimum Gasteiger partial charge on any atom is -0.416 e. The predicted octanol–water partition coefficient (Wildman–Crippen LogP) is 15.8. The van der Waals surface area contributed by atoms with Crippen molar-refractivity contribution in [2.75, 3.05) is 0 Å². The van der Waals surface area contributed by atoms with Crippen molar-refractivity contribution >= 4 is 0 Å². The summed E-state index contributed by atoms with van der Waals surface area (Å²) in [5.41, 5.74) is 14.6. The zero-order valence-electron chi connectivity index (χ0n) is 36.5. The largest absolute Gasteiger partial charge is 0.416 e. The molecule has 306 valence electrons. The standard InChI is InChI=1S/C56H66N2O/c1-7-13-17-21-33-55(34-22-18-14-8-2)49-37-41(11-5)25-29-45(49)47-31-27-43(39-51(47)55)53-57-58-54(59-53)44-28-32-48-46-30-26-42(12-6)38-50(46)56(52(48)40-44,35-23-19-15-9-3)36-24-20-16-10-4/h5-6,25-32,37-40H,7-10,13-24,33-36H2,1-4H3. The van der Waals surface area contributed by atoms with Crippen molar-refractivity contribution in [2.24, 2.45) is 0 Å². The average molecular weight is 783 g/mol. The third-order valence-corrected chi connectivity index (χ3v) is 13.8. The quantitative estimate of drug-likeness (QED) is 0.0518. The number of fused-ring (bicyclic) bond motifs is 6. The Balaban J connectivity index is 1.28. The Labute approximate surface area is 356 Å². The molecule has 0 unspecified atom stereocenters. The second-order valence-electron chi connectivity index (χ2n) is 17.6. The first-order chi connectivity index (χ1) is 29.0. The molecule has 5 aromatic rings. The smallest absolute Gasteiger partial charge is 0.248 e. The maximum Gasteiger partial charge on any atom is 0.248 e. The summed E-state index contributed by atoms with van der Waals surface area (Å²) >= 11 is 0. The highest BCUT2D eigenvalue weighted by atomic mass is 16.4. The Morgan fingerprint density at radius 3 is 1.07 bits per heavy atom. The molecule has 7 rings (SSSR count). The molecule has 2 aliphatic carbocycles. The fourth-order valence-corrected chi connectivity index (χ4v) is 10.6. The molecule has 0 radical (unpaired) electrons. The molecule has 0 saturated heterocycles. The number of aromatic nitrogens is 2. The van der Waals surface area contributed by atoms with E-state index in [0.29, 0.717) is 11.8 Å². The van der Waals surface area contributed by atoms with Crippen molar-refractivity contribution in [3.8, 4) is 69.8 Å². The molecule has 1 heterocycles. The Morgan fingerprint density at radius 2 is 0.746 bits per heavy atom. The van der Waals surface area contributed by atoms with E-state index in [2.05, 4.69) is 112 Å². The molecule has 3 heteroatoms. The SMILES string of the molecule is C#Cc1ccc2c(c1)C(CCCCCC)(CCCCCC)c1cc(-c3nnc(-c4ccc5c(c4)C(CCCCCC)(CCCCCC)c4cc(C#C)ccc4-5)o3)ccc1-2. The molecular formula is C56H66N2O. The van der Waals surface area contributed by atoms with Crippen LogP contribution in [0.3, 0.4) is 0 Å². The van der Waals surface area contributed by atoms with Gasteiger partial charge in [0.2, 0.25) is 11.8 Å². The molecule has 0 N–H and O–H groups in total. The van der Waals surface area contributed by atoms with E-state index in [0.717, 1.165) is 47.9 Å². The number of unbranched alkanes of at least 4 members (excludes halogenated alkanes) is 12. The first kappa shape index (κ1) is 42.3. The molecule has 59 heavy (non-hydrogen) atoms. The van der Waals surface area contributed by atoms with Gasteiger partial charge < -0.3 is 4.42 Å². The lowest BCUT2D eigenvalue weighted by molar-refractivity contribution is 0.401. The normalized spacial score (nSPS) is 14.0. The van der Waals surface area contributed by atoms with Crippen molar-refractivity contribution in [3.63, 3.8) is 0 Å². The van der Waals surface area contributed by atoms with E-state index >= 15 is 0 Å². The van der Waals surface area contributed by atoms with Gasteiger partial charge in [0.25, 0.3) is 0 Å². The van der Waals surface area contributed by atoms with Crippen LogP contribution in [0.1, 0.15) is 189 Å². The lowest BCUT2D eigenvalue weighted by Crippen LogP contribution is -2.25. The van der Waals surface area contributed by atoms with Crippen LogP contribution in [-0.4, -0.2) is 10.2 Å². The monoisotopic (exact) mass is 783 g/mol. The molecule has 4 aromatic carbocycles. The van der Waals surface area contributed by atoms with E-state index < -0.39 is 0 Å². The van der Waals surface area contributed by atoms with Gasteiger partial charge in [0.1, 0.15) is 0 Å². The lowest BCUT2D eigenvalue weighted by Gasteiger charge is -2.33. The van der Waals surface area contributed by atoms with Gasteiger partial charge >= 0.3 is 0 Å². The van der Waals surface area contributed by atoms with Crippen LogP contribution in [0.5, 0.6) is 0 Å². The number of hydrogen-bond acceptors (Lipinski definition) is 3. The van der Waals surface area contributed by atoms with Gasteiger partial charge in [-0.05, 0) is 119 Å². The van der Waals surface area contributed by atoms with Crippen LogP contribution in [0.15, 0.2) is 77.2 Å². The van der Waals surface area contributed by atoms with E-state index in [1.807, 2.05) is 0 Å². The maximum atomic E-state index is 6.72. The first-order valence-electron chi connectivity index (χ1n) is 23.3. The second kappa shape index (κ2) is 19.5. The summed E-state index contributed by atoms with van der Waals surface area (Å²) in [4.78, 5) is 0. The van der Waals surface area contributed by atoms with Gasteiger partial charge in [0.05, 0.1) is 0 Å². The minimum atomic E-state index is -0.0935. The average Bonchev–Trinajstić information content (AvgIpc) is 3.95. The third-order valence-electron chi connectivity index (χ3n) is 13.8. The summed E-state index contributed by atoms with van der Waals surface area (Å²) in [6.07, 6.45) is 36.2. The van der Waals surface area contributed by atoms with Crippen molar-refractivity contribution < 1.29 is 4.42 Å². The Bertz CT molecular complexity index is 2110. The molecule has 0 amide bonds. The number of benzene rings is 4. The number of rotatable bonds is 22. The van der Waals surface area contributed by atoms with E-state index in [9.17, 15) is 0 Å². The van der Waals surface area contributed by atoms with E-state index in [4.69, 9.17) is 27.5 Å². The highest BCUT2D eigenvalue weighted by Gasteiger charge is 2.44. The molecule has 0 bridgehead atoms. The fourth-order valence-electron chi connectivity index (χ4n) is 10.6. The van der Waals surface area contributed by atoms with E-state index in [1.54, 1.807) is 0 Å². The summed E-state index contributed by atoms with van der Waals surface area (Å²) in [6.45, 7) is 9.17. The summed E-state index contributed by atoms with van der Waals surface area (Å²) in [7, 11) is 0. The zero-order valence-corrected chi connectivity index (χ0v) is 36.5. The molecule has 1 aromatic heterocycles. The number of nitrogens with zero attached hydrogens (tertiary/aromatic N) is 2. The molecule has 0 aliphatic heterocycles. The van der Waals surface area contributed by atoms with Gasteiger partial charge in [0, 0.05) is 33.1 Å². The Morgan fingerprint density at radius 1 is 0.424 bits per heavy atom. The number of terminal acetylenes is 2. The topological polar surface area (TPSA) is 38.9 Å². The van der Waals surface area contributed by atoms with Gasteiger partial charge in [-0.1, -0.05) is 167 Å². The Kier molecular flexibility index (Phi) is 13.9. The van der Waals surface area contributed by atoms with Gasteiger partial charge in [-0.2, -0.15) is 0 Å². The minimum absolute atomic E-state index is 0.0935. The van der Waals surface area contributed by atoms with Gasteiger partial charge in [0.15, 0.2) is 0 Å². The summed E-state index contributed by atoms with van der Waals surface area (Å²) in [6, 6.07) is 27.1. The van der Waals surface area contributed by atoms with Crippen LogP contribution >= 0.6 is 0 Å². The molecule has 2 aliphatic rings. The maximum absolute atomic E-state index is 6.72. The van der Waals surface area contributed by atoms with Gasteiger partial charge in [-0.25, -0.2) is 0 Å². The molecular weight excluding hydrogens is 717 g/mol. The van der Waals surface area contributed by atoms with Crippen LogP contribution in [0.25, 0.3) is 45.2 Å². The lowest BCUT2D eigenvalue weighted by atomic mass is 9.70. The van der Waals surface area contributed by atoms with Crippen molar-refractivity contribution in [2.45, 2.75) is 167 Å². The fraction of sp³-hybridized carbons (Fsp3) is 0.464. The molecule has 3 nitrogen and oxygen atoms in total. The molecule has 0 spiro atoms. The van der Waals surface area contributed by atoms with Gasteiger partial charge in [-0.15, -0.1) is 23.0 Å². The van der Waals surface area contributed by atoms with Crippen LogP contribution in [-0.2, 0) is 10.8 Å². The van der Waals surface area contributed by atoms with E-state index in [-0.39, 0.29) is 10.8 Å². The van der Waals surface area contributed by atoms with Crippen molar-refractivity contribution in [1.29, 1.82) is 0 Å². The summed E-state index contributed by atoms with van der Waals surface area (Å²) in [5, 5.41) is 9.50. The van der Waals surface area contributed by atoms with Crippen LogP contribution in [0.4, 0.5) is 0 Å². The van der Waals surface area contributed by atoms with Crippen molar-refractivity contribution in [3.05, 3.63) is 106 Å². The third kappa shape index (κ3) is 8.46. The first-order valence-corrected chi connectivity index (χ1v) is 23.3. The summed E-state index contributed by atoms with van der Waals surface area (Å²) < 4.78 is 6.72.